The molecular weight excluding hydrogens is 392 g/mol. The topological polar surface area (TPSA) is 96.8 Å². The van der Waals surface area contributed by atoms with Crippen molar-refractivity contribution in [3.05, 3.63) is 96.0 Å². The minimum Gasteiger partial charge on any atom is -0.481 e. The lowest BCUT2D eigenvalue weighted by atomic mass is 10.0. The summed E-state index contributed by atoms with van der Waals surface area (Å²) in [5.74, 6) is 6.56. The predicted molar refractivity (Wildman–Crippen MR) is 120 cm³/mol. The molecule has 0 amide bonds. The highest BCUT2D eigenvalue weighted by molar-refractivity contribution is 5.84. The van der Waals surface area contributed by atoms with Crippen molar-refractivity contribution in [2.45, 2.75) is 32.2 Å². The highest BCUT2D eigenvalue weighted by Gasteiger charge is 2.15. The lowest BCUT2D eigenvalue weighted by Gasteiger charge is -2.22. The molecule has 0 atom stereocenters. The normalized spacial score (nSPS) is 10.6. The van der Waals surface area contributed by atoms with E-state index in [1.165, 1.54) is 0 Å². The third-order valence-electron chi connectivity index (χ3n) is 4.96. The van der Waals surface area contributed by atoms with Crippen molar-refractivity contribution in [1.82, 2.24) is 0 Å². The van der Waals surface area contributed by atoms with Crippen molar-refractivity contribution in [3.8, 4) is 0 Å². The maximum absolute atomic E-state index is 11.8. The first kappa shape index (κ1) is 22.1. The van der Waals surface area contributed by atoms with Gasteiger partial charge in [0.2, 0.25) is 0 Å². The number of ketones is 1. The molecule has 0 fully saturated rings. The van der Waals surface area contributed by atoms with E-state index >= 15 is 0 Å². The van der Waals surface area contributed by atoms with E-state index in [1.807, 2.05) is 66.7 Å². The first-order valence-electron chi connectivity index (χ1n) is 10.1. The minimum atomic E-state index is -0.968. The van der Waals surface area contributed by atoms with Gasteiger partial charge in [-0.2, -0.15) is 0 Å². The largest absolute Gasteiger partial charge is 0.481 e. The quantitative estimate of drug-likeness (QED) is 0.349. The lowest BCUT2D eigenvalue weighted by Crippen LogP contribution is -2.30. The van der Waals surface area contributed by atoms with Crippen LogP contribution in [0.4, 0.5) is 5.69 Å². The van der Waals surface area contributed by atoms with Crippen LogP contribution in [0.15, 0.2) is 77.7 Å². The number of furan rings is 1. The number of aryl methyl sites for hydroxylation is 1. The maximum Gasteiger partial charge on any atom is 0.303 e. The number of anilines is 1. The predicted octanol–water partition coefficient (Wildman–Crippen LogP) is 4.59. The summed E-state index contributed by atoms with van der Waals surface area (Å²) in [6.07, 6.45) is 0.562. The zero-order chi connectivity index (χ0) is 22.2. The van der Waals surface area contributed by atoms with Crippen LogP contribution < -0.4 is 10.9 Å². The minimum absolute atomic E-state index is 0.0384. The Labute approximate surface area is 181 Å². The maximum atomic E-state index is 11.8. The van der Waals surface area contributed by atoms with Crippen LogP contribution in [-0.4, -0.2) is 16.9 Å². The van der Waals surface area contributed by atoms with E-state index in [0.717, 1.165) is 16.8 Å². The van der Waals surface area contributed by atoms with E-state index in [-0.39, 0.29) is 25.0 Å². The molecule has 0 radical (unpaired) electrons. The van der Waals surface area contributed by atoms with Crippen LogP contribution in [0.3, 0.4) is 0 Å². The number of benzene rings is 2. The number of hydrogen-bond acceptors (Lipinski definition) is 5. The molecule has 2 aromatic carbocycles. The van der Waals surface area contributed by atoms with Crippen molar-refractivity contribution < 1.29 is 19.1 Å². The number of nitrogens with two attached hydrogens (primary N) is 1. The molecule has 6 heteroatoms. The zero-order valence-corrected chi connectivity index (χ0v) is 17.3. The molecule has 0 spiro atoms. The van der Waals surface area contributed by atoms with Gasteiger partial charge in [-0.15, -0.1) is 0 Å². The fourth-order valence-corrected chi connectivity index (χ4v) is 3.29. The average molecular weight is 418 g/mol. The molecule has 0 unspecified atom stereocenters. The van der Waals surface area contributed by atoms with Crippen molar-refractivity contribution in [3.63, 3.8) is 0 Å². The lowest BCUT2D eigenvalue weighted by molar-refractivity contribution is -0.138. The molecule has 3 aromatic rings. The first-order valence-corrected chi connectivity index (χ1v) is 10.1. The third kappa shape index (κ3) is 6.17. The molecule has 0 aliphatic rings. The van der Waals surface area contributed by atoms with Crippen LogP contribution >= 0.6 is 0 Å². The molecular formula is C25H26N2O4. The Morgan fingerprint density at radius 1 is 0.935 bits per heavy atom. The van der Waals surface area contributed by atoms with Gasteiger partial charge in [-0.3, -0.25) is 9.59 Å². The van der Waals surface area contributed by atoms with Crippen LogP contribution in [-0.2, 0) is 22.6 Å². The summed E-state index contributed by atoms with van der Waals surface area (Å²) < 4.78 is 5.90. The van der Waals surface area contributed by atoms with E-state index in [9.17, 15) is 9.59 Å². The van der Waals surface area contributed by atoms with E-state index in [2.05, 4.69) is 6.58 Å². The number of nitrogens with zero attached hydrogens (tertiary/aromatic N) is 1. The first-order chi connectivity index (χ1) is 14.9. The van der Waals surface area contributed by atoms with Gasteiger partial charge in [-0.05, 0) is 23.8 Å². The van der Waals surface area contributed by atoms with Crippen molar-refractivity contribution in [2.75, 3.05) is 5.01 Å². The second-order valence-electron chi connectivity index (χ2n) is 7.31. The van der Waals surface area contributed by atoms with E-state index < -0.39 is 5.97 Å². The number of hydrazine groups is 1. The fourth-order valence-electron chi connectivity index (χ4n) is 3.29. The van der Waals surface area contributed by atoms with Gasteiger partial charge < -0.3 is 14.5 Å². The van der Waals surface area contributed by atoms with Gasteiger partial charge in [0.15, 0.2) is 0 Å². The Kier molecular flexibility index (Phi) is 7.40. The highest BCUT2D eigenvalue weighted by Crippen LogP contribution is 2.31. The van der Waals surface area contributed by atoms with Gasteiger partial charge in [0.05, 0.1) is 18.7 Å². The molecule has 0 bridgehead atoms. The summed E-state index contributed by atoms with van der Waals surface area (Å²) in [6.45, 7) is 4.74. The Morgan fingerprint density at radius 2 is 1.65 bits per heavy atom. The number of carbonyl (C=O) groups is 2. The molecule has 0 aliphatic carbocycles. The van der Waals surface area contributed by atoms with Gasteiger partial charge in [-0.1, -0.05) is 55.1 Å². The zero-order valence-electron chi connectivity index (χ0n) is 17.3. The summed E-state index contributed by atoms with van der Waals surface area (Å²) in [5, 5.41) is 10.4. The molecule has 1 aromatic heterocycles. The van der Waals surface area contributed by atoms with Crippen LogP contribution in [0.25, 0.3) is 5.57 Å². The van der Waals surface area contributed by atoms with Crippen molar-refractivity contribution in [2.24, 2.45) is 5.84 Å². The number of hydrogen-bond donors (Lipinski definition) is 2. The molecule has 0 saturated heterocycles. The van der Waals surface area contributed by atoms with Crippen LogP contribution in [0.2, 0.25) is 0 Å². The Bertz CT molecular complexity index is 1060. The monoisotopic (exact) mass is 418 g/mol. The summed E-state index contributed by atoms with van der Waals surface area (Å²) in [4.78, 5) is 22.4. The van der Waals surface area contributed by atoms with E-state index in [4.69, 9.17) is 15.4 Å². The van der Waals surface area contributed by atoms with Crippen molar-refractivity contribution in [1.29, 1.82) is 0 Å². The second-order valence-corrected chi connectivity index (χ2v) is 7.31. The summed E-state index contributed by atoms with van der Waals surface area (Å²) >= 11 is 0. The molecule has 3 N–H and O–H groups in total. The number of para-hydroxylation sites is 1. The number of Topliss-reactive ketones (excluding diaryl/α,β-unsaturated/α-hetero) is 1. The summed E-state index contributed by atoms with van der Waals surface area (Å²) in [6, 6.07) is 21.3. The highest BCUT2D eigenvalue weighted by atomic mass is 16.4. The molecule has 1 heterocycles. The van der Waals surface area contributed by atoms with Gasteiger partial charge in [0, 0.05) is 30.4 Å². The SMILES string of the molecule is C=C(c1ccc(CCC(=O)CCC(=O)O)o1)c1ccccc1N(N)Cc1ccccc1. The number of aliphatic carboxylic acids is 1. The Morgan fingerprint density at radius 3 is 2.39 bits per heavy atom. The van der Waals surface area contributed by atoms with Gasteiger partial charge in [-0.25, -0.2) is 5.84 Å². The number of rotatable bonds is 11. The molecule has 160 valence electrons. The molecule has 3 rings (SSSR count). The van der Waals surface area contributed by atoms with E-state index in [1.54, 1.807) is 5.01 Å². The smallest absolute Gasteiger partial charge is 0.303 e. The van der Waals surface area contributed by atoms with E-state index in [0.29, 0.717) is 30.1 Å². The van der Waals surface area contributed by atoms with Crippen molar-refractivity contribution >= 4 is 23.0 Å². The molecule has 0 saturated carbocycles. The molecule has 0 aliphatic heterocycles. The average Bonchev–Trinajstić information content (AvgIpc) is 3.25. The summed E-state index contributed by atoms with van der Waals surface area (Å²) in [7, 11) is 0. The molecule has 31 heavy (non-hydrogen) atoms. The second kappa shape index (κ2) is 10.4. The van der Waals surface area contributed by atoms with Gasteiger partial charge >= 0.3 is 5.97 Å². The standard InChI is InChI=1S/C25H26N2O4/c1-18(24-15-14-21(31-24)13-11-20(28)12-16-25(29)30)22-9-5-6-10-23(22)27(26)17-19-7-3-2-4-8-19/h2-10,14-15H,1,11-13,16-17,26H2,(H,29,30). The summed E-state index contributed by atoms with van der Waals surface area (Å²) in [5.41, 5.74) is 3.48. The fraction of sp³-hybridized carbons (Fsp3) is 0.200. The molecule has 6 nitrogen and oxygen atoms in total. The third-order valence-corrected chi connectivity index (χ3v) is 4.96. The van der Waals surface area contributed by atoms with Crippen LogP contribution in [0.1, 0.15) is 41.9 Å². The van der Waals surface area contributed by atoms with Gasteiger partial charge in [0.1, 0.15) is 17.3 Å². The number of carbonyl (C=O) groups excluding carboxylic acids is 1. The Balaban J connectivity index is 1.68. The number of carboxylic acids is 1. The van der Waals surface area contributed by atoms with Crippen LogP contribution in [0, 0.1) is 0 Å². The van der Waals surface area contributed by atoms with Gasteiger partial charge in [0.25, 0.3) is 0 Å². The Hall–Kier alpha value is -3.64. The number of carboxylic acid groups (broad SMARTS) is 1. The van der Waals surface area contributed by atoms with Crippen LogP contribution in [0.5, 0.6) is 0 Å².